The number of halogens is 1. The topological polar surface area (TPSA) is 39.2 Å². The lowest BCUT2D eigenvalue weighted by Gasteiger charge is -2.59. The molecule has 4 saturated carbocycles. The molecule has 1 atom stereocenters. The normalized spacial score (nSPS) is 39.5. The third kappa shape index (κ3) is 2.31. The van der Waals surface area contributed by atoms with E-state index in [4.69, 9.17) is 10.2 Å². The highest BCUT2D eigenvalue weighted by Crippen LogP contribution is 2.62. The van der Waals surface area contributed by atoms with Crippen molar-refractivity contribution in [2.24, 2.45) is 34.8 Å². The van der Waals surface area contributed by atoms with Crippen LogP contribution in [0.1, 0.15) is 44.3 Å². The van der Waals surface area contributed by atoms with Crippen LogP contribution in [0.5, 0.6) is 0 Å². The molecule has 4 aliphatic carbocycles. The summed E-state index contributed by atoms with van der Waals surface area (Å²) < 4.78 is 5.57. The van der Waals surface area contributed by atoms with Crippen LogP contribution < -0.4 is 5.73 Å². The predicted molar refractivity (Wildman–Crippen MR) is 82.8 cm³/mol. The van der Waals surface area contributed by atoms with Crippen LogP contribution in [0, 0.1) is 29.1 Å². The molecule has 4 aliphatic rings. The maximum absolute atomic E-state index is 6.17. The smallest absolute Gasteiger partial charge is 0.104 e. The number of hydrogen-bond acceptors (Lipinski definition) is 2. The molecule has 0 saturated heterocycles. The SMILES string of the molecule is Cl.NCC(Cc1ccco1)C12CC3CC(CC(C3)C1)C2. The summed E-state index contributed by atoms with van der Waals surface area (Å²) >= 11 is 0. The number of hydrogen-bond donors (Lipinski definition) is 1. The van der Waals surface area contributed by atoms with Gasteiger partial charge in [-0.05, 0) is 86.3 Å². The van der Waals surface area contributed by atoms with E-state index in [0.717, 1.165) is 36.5 Å². The summed E-state index contributed by atoms with van der Waals surface area (Å²) in [5, 5.41) is 0. The van der Waals surface area contributed by atoms with Crippen LogP contribution in [0.15, 0.2) is 22.8 Å². The molecule has 0 spiro atoms. The highest BCUT2D eigenvalue weighted by atomic mass is 35.5. The fraction of sp³-hybridized carbons (Fsp3) is 0.765. The molecule has 0 amide bonds. The Morgan fingerprint density at radius 2 is 1.75 bits per heavy atom. The van der Waals surface area contributed by atoms with Crippen molar-refractivity contribution in [3.05, 3.63) is 24.2 Å². The molecule has 20 heavy (non-hydrogen) atoms. The van der Waals surface area contributed by atoms with Gasteiger partial charge in [0, 0.05) is 6.42 Å². The fourth-order valence-corrected chi connectivity index (χ4v) is 5.90. The van der Waals surface area contributed by atoms with Gasteiger partial charge in [-0.3, -0.25) is 0 Å². The largest absolute Gasteiger partial charge is 0.469 e. The Bertz CT molecular complexity index is 407. The molecule has 1 aromatic heterocycles. The Morgan fingerprint density at radius 3 is 2.20 bits per heavy atom. The Hall–Kier alpha value is -0.470. The predicted octanol–water partition coefficient (Wildman–Crippen LogP) is 4.04. The first-order chi connectivity index (χ1) is 9.27. The van der Waals surface area contributed by atoms with Crippen LogP contribution in [0.3, 0.4) is 0 Å². The lowest BCUT2D eigenvalue weighted by atomic mass is 9.46. The molecule has 0 aliphatic heterocycles. The zero-order chi connectivity index (χ0) is 12.9. The van der Waals surface area contributed by atoms with Gasteiger partial charge in [0.1, 0.15) is 5.76 Å². The molecule has 0 radical (unpaired) electrons. The fourth-order valence-electron chi connectivity index (χ4n) is 5.90. The third-order valence-corrected chi connectivity index (χ3v) is 6.26. The summed E-state index contributed by atoms with van der Waals surface area (Å²) in [6, 6.07) is 4.12. The van der Waals surface area contributed by atoms with Crippen molar-refractivity contribution in [2.75, 3.05) is 6.54 Å². The quantitative estimate of drug-likeness (QED) is 0.910. The highest BCUT2D eigenvalue weighted by molar-refractivity contribution is 5.85. The second-order valence-electron chi connectivity index (χ2n) is 7.50. The van der Waals surface area contributed by atoms with Crippen LogP contribution in [-0.2, 0) is 6.42 Å². The van der Waals surface area contributed by atoms with Gasteiger partial charge in [-0.2, -0.15) is 0 Å². The third-order valence-electron chi connectivity index (χ3n) is 6.26. The minimum atomic E-state index is 0. The average molecular weight is 296 g/mol. The standard InChI is InChI=1S/C17H25NO.ClH/c18-11-15(7-16-2-1-3-19-16)17-8-12-4-13(9-17)6-14(5-12)10-17;/h1-3,12-15H,4-11,18H2;1H. The van der Waals surface area contributed by atoms with E-state index in [9.17, 15) is 0 Å². The van der Waals surface area contributed by atoms with E-state index in [0.29, 0.717) is 11.3 Å². The van der Waals surface area contributed by atoms with E-state index >= 15 is 0 Å². The van der Waals surface area contributed by atoms with Gasteiger partial charge in [0.25, 0.3) is 0 Å². The molecule has 4 fully saturated rings. The molecule has 2 N–H and O–H groups in total. The first kappa shape index (κ1) is 14.5. The molecule has 5 rings (SSSR count). The molecule has 1 aromatic rings. The van der Waals surface area contributed by atoms with Crippen molar-refractivity contribution < 1.29 is 4.42 Å². The number of rotatable bonds is 4. The van der Waals surface area contributed by atoms with E-state index in [1.165, 1.54) is 38.5 Å². The number of furan rings is 1. The molecule has 112 valence electrons. The van der Waals surface area contributed by atoms with Crippen molar-refractivity contribution in [3.63, 3.8) is 0 Å². The van der Waals surface area contributed by atoms with Crippen LogP contribution >= 0.6 is 12.4 Å². The van der Waals surface area contributed by atoms with Crippen molar-refractivity contribution in [2.45, 2.75) is 44.9 Å². The van der Waals surface area contributed by atoms with E-state index < -0.39 is 0 Å². The molecular weight excluding hydrogens is 270 g/mol. The van der Waals surface area contributed by atoms with E-state index in [-0.39, 0.29) is 12.4 Å². The van der Waals surface area contributed by atoms with Crippen LogP contribution in [0.25, 0.3) is 0 Å². The van der Waals surface area contributed by atoms with Crippen LogP contribution in [0.4, 0.5) is 0 Å². The Balaban J connectivity index is 0.00000121. The summed E-state index contributed by atoms with van der Waals surface area (Å²) in [4.78, 5) is 0. The molecule has 3 heteroatoms. The Kier molecular flexibility index (Phi) is 3.89. The lowest BCUT2D eigenvalue weighted by Crippen LogP contribution is -2.51. The summed E-state index contributed by atoms with van der Waals surface area (Å²) in [6.45, 7) is 0.826. The van der Waals surface area contributed by atoms with Crippen LogP contribution in [-0.4, -0.2) is 6.54 Å². The maximum atomic E-state index is 6.17. The Morgan fingerprint density at radius 1 is 1.15 bits per heavy atom. The summed E-state index contributed by atoms with van der Waals surface area (Å²) in [6.07, 6.45) is 11.7. The van der Waals surface area contributed by atoms with Crippen LogP contribution in [0.2, 0.25) is 0 Å². The maximum Gasteiger partial charge on any atom is 0.104 e. The molecule has 0 aromatic carbocycles. The molecule has 1 unspecified atom stereocenters. The summed E-state index contributed by atoms with van der Waals surface area (Å²) in [5.41, 5.74) is 6.72. The minimum absolute atomic E-state index is 0. The molecule has 2 nitrogen and oxygen atoms in total. The molecule has 1 heterocycles. The first-order valence-electron chi connectivity index (χ1n) is 8.00. The zero-order valence-electron chi connectivity index (χ0n) is 12.1. The monoisotopic (exact) mass is 295 g/mol. The van der Waals surface area contributed by atoms with Gasteiger partial charge >= 0.3 is 0 Å². The van der Waals surface area contributed by atoms with Gasteiger partial charge in [-0.15, -0.1) is 12.4 Å². The van der Waals surface area contributed by atoms with Gasteiger partial charge in [-0.1, -0.05) is 0 Å². The minimum Gasteiger partial charge on any atom is -0.469 e. The molecule has 4 bridgehead atoms. The average Bonchev–Trinajstić information content (AvgIpc) is 2.87. The number of nitrogens with two attached hydrogens (primary N) is 1. The highest BCUT2D eigenvalue weighted by Gasteiger charge is 2.53. The second-order valence-corrected chi connectivity index (χ2v) is 7.50. The zero-order valence-corrected chi connectivity index (χ0v) is 12.9. The van der Waals surface area contributed by atoms with Gasteiger partial charge in [-0.25, -0.2) is 0 Å². The second kappa shape index (κ2) is 5.38. The van der Waals surface area contributed by atoms with E-state index in [1.54, 1.807) is 6.26 Å². The van der Waals surface area contributed by atoms with E-state index in [1.807, 2.05) is 6.07 Å². The Labute approximate surface area is 127 Å². The van der Waals surface area contributed by atoms with Gasteiger partial charge in [0.05, 0.1) is 6.26 Å². The van der Waals surface area contributed by atoms with Crippen molar-refractivity contribution in [3.8, 4) is 0 Å². The molecular formula is C17H26ClNO. The van der Waals surface area contributed by atoms with Crippen molar-refractivity contribution in [1.82, 2.24) is 0 Å². The van der Waals surface area contributed by atoms with Crippen molar-refractivity contribution >= 4 is 12.4 Å². The van der Waals surface area contributed by atoms with Gasteiger partial charge < -0.3 is 10.2 Å². The lowest BCUT2D eigenvalue weighted by molar-refractivity contribution is -0.0858. The van der Waals surface area contributed by atoms with E-state index in [2.05, 4.69) is 6.07 Å². The first-order valence-corrected chi connectivity index (χ1v) is 8.00. The summed E-state index contributed by atoms with van der Waals surface area (Å²) in [7, 11) is 0. The van der Waals surface area contributed by atoms with Gasteiger partial charge in [0.2, 0.25) is 0 Å². The summed E-state index contributed by atoms with van der Waals surface area (Å²) in [5.74, 6) is 4.80. The van der Waals surface area contributed by atoms with Crippen molar-refractivity contribution in [1.29, 1.82) is 0 Å². The van der Waals surface area contributed by atoms with Gasteiger partial charge in [0.15, 0.2) is 0 Å².